The van der Waals surface area contributed by atoms with Crippen LogP contribution in [0.1, 0.15) is 48.5 Å². The highest BCUT2D eigenvalue weighted by Gasteiger charge is 2.23. The Kier molecular flexibility index (Phi) is 4.34. The lowest BCUT2D eigenvalue weighted by atomic mass is 10.0. The Morgan fingerprint density at radius 2 is 2.00 bits per heavy atom. The predicted octanol–water partition coefficient (Wildman–Crippen LogP) is 3.40. The van der Waals surface area contributed by atoms with Crippen LogP contribution in [0.5, 0.6) is 0 Å². The summed E-state index contributed by atoms with van der Waals surface area (Å²) in [4.78, 5) is 14.2. The van der Waals surface area contributed by atoms with Gasteiger partial charge in [0.05, 0.1) is 5.56 Å². The van der Waals surface area contributed by atoms with E-state index in [1.54, 1.807) is 11.0 Å². The van der Waals surface area contributed by atoms with Gasteiger partial charge in [-0.2, -0.15) is 0 Å². The van der Waals surface area contributed by atoms with Crippen LogP contribution in [0.2, 0.25) is 0 Å². The second-order valence-corrected chi connectivity index (χ2v) is 4.88. The van der Waals surface area contributed by atoms with Gasteiger partial charge < -0.3 is 4.90 Å². The zero-order valence-corrected chi connectivity index (χ0v) is 10.9. The van der Waals surface area contributed by atoms with Crippen LogP contribution in [0.3, 0.4) is 0 Å². The van der Waals surface area contributed by atoms with Gasteiger partial charge in [-0.25, -0.2) is 4.39 Å². The van der Waals surface area contributed by atoms with Crippen LogP contribution in [0.15, 0.2) is 18.2 Å². The summed E-state index contributed by atoms with van der Waals surface area (Å²) in [5, 5.41) is 0. The molecule has 18 heavy (non-hydrogen) atoms. The van der Waals surface area contributed by atoms with Crippen molar-refractivity contribution < 1.29 is 9.18 Å². The molecular weight excluding hydrogens is 229 g/mol. The van der Waals surface area contributed by atoms with Crippen molar-refractivity contribution in [1.29, 1.82) is 0 Å². The summed E-state index contributed by atoms with van der Waals surface area (Å²) in [6, 6.07) is 4.94. The minimum absolute atomic E-state index is 0.128. The quantitative estimate of drug-likeness (QED) is 0.804. The maximum atomic E-state index is 13.9. The molecule has 0 aromatic heterocycles. The second kappa shape index (κ2) is 5.98. The molecule has 3 heteroatoms. The summed E-state index contributed by atoms with van der Waals surface area (Å²) in [5.41, 5.74) is 1.13. The van der Waals surface area contributed by atoms with Crippen molar-refractivity contribution in [2.45, 2.75) is 39.0 Å². The minimum atomic E-state index is -0.378. The van der Waals surface area contributed by atoms with Crippen molar-refractivity contribution >= 4 is 5.91 Å². The number of benzene rings is 1. The fraction of sp³-hybridized carbons (Fsp3) is 0.533. The van der Waals surface area contributed by atoms with E-state index in [1.807, 2.05) is 13.0 Å². The van der Waals surface area contributed by atoms with Crippen LogP contribution in [0, 0.1) is 5.82 Å². The number of nitrogens with zero attached hydrogens (tertiary/aromatic N) is 1. The second-order valence-electron chi connectivity index (χ2n) is 4.88. The molecule has 1 fully saturated rings. The summed E-state index contributed by atoms with van der Waals surface area (Å²) in [6.45, 7) is 3.57. The number of halogens is 1. The van der Waals surface area contributed by atoms with E-state index >= 15 is 0 Å². The van der Waals surface area contributed by atoms with Gasteiger partial charge in [0.25, 0.3) is 5.91 Å². The van der Waals surface area contributed by atoms with Crippen molar-refractivity contribution in [3.8, 4) is 0 Å². The van der Waals surface area contributed by atoms with E-state index in [0.29, 0.717) is 5.56 Å². The maximum absolute atomic E-state index is 13.9. The van der Waals surface area contributed by atoms with Crippen LogP contribution in [0.25, 0.3) is 0 Å². The predicted molar refractivity (Wildman–Crippen MR) is 70.1 cm³/mol. The highest BCUT2D eigenvalue weighted by atomic mass is 19.1. The molecule has 0 atom stereocenters. The minimum Gasteiger partial charge on any atom is -0.339 e. The van der Waals surface area contributed by atoms with Gasteiger partial charge in [-0.3, -0.25) is 4.79 Å². The van der Waals surface area contributed by atoms with Gasteiger partial charge in [-0.1, -0.05) is 25.5 Å². The monoisotopic (exact) mass is 249 g/mol. The third-order valence-corrected chi connectivity index (χ3v) is 3.48. The first-order valence-corrected chi connectivity index (χ1v) is 6.80. The van der Waals surface area contributed by atoms with Crippen LogP contribution in [-0.2, 0) is 6.42 Å². The molecule has 1 aromatic rings. The van der Waals surface area contributed by atoms with E-state index in [9.17, 15) is 9.18 Å². The number of rotatable bonds is 3. The molecule has 2 nitrogen and oxygen atoms in total. The highest BCUT2D eigenvalue weighted by molar-refractivity contribution is 5.96. The van der Waals surface area contributed by atoms with Crippen molar-refractivity contribution in [2.24, 2.45) is 0 Å². The molecule has 0 radical (unpaired) electrons. The number of carbonyl (C=O) groups excluding carboxylic acids is 1. The third kappa shape index (κ3) is 2.71. The molecule has 1 heterocycles. The first-order valence-electron chi connectivity index (χ1n) is 6.80. The summed E-state index contributed by atoms with van der Waals surface area (Å²) in [6.07, 6.45) is 4.91. The number of hydrogen-bond donors (Lipinski definition) is 0. The number of amides is 1. The van der Waals surface area contributed by atoms with Gasteiger partial charge in [0.15, 0.2) is 0 Å². The van der Waals surface area contributed by atoms with Gasteiger partial charge in [-0.15, -0.1) is 0 Å². The highest BCUT2D eigenvalue weighted by Crippen LogP contribution is 2.20. The fourth-order valence-electron chi connectivity index (χ4n) is 2.54. The van der Waals surface area contributed by atoms with Crippen LogP contribution >= 0.6 is 0 Å². The van der Waals surface area contributed by atoms with E-state index in [1.165, 1.54) is 12.5 Å². The molecule has 0 spiro atoms. The first-order chi connectivity index (χ1) is 8.74. The van der Waals surface area contributed by atoms with Crippen LogP contribution in [0.4, 0.5) is 4.39 Å². The van der Waals surface area contributed by atoms with Crippen molar-refractivity contribution in [3.63, 3.8) is 0 Å². The SMILES string of the molecule is CCCc1cccc(F)c1C(=O)N1CCCCC1. The van der Waals surface area contributed by atoms with E-state index in [2.05, 4.69) is 0 Å². The number of hydrogen-bond acceptors (Lipinski definition) is 1. The average molecular weight is 249 g/mol. The standard InChI is InChI=1S/C15H20FNO/c1-2-7-12-8-6-9-13(16)14(12)15(18)17-10-4-3-5-11-17/h6,8-9H,2-5,7,10-11H2,1H3. The Morgan fingerprint density at radius 1 is 1.28 bits per heavy atom. The first kappa shape index (κ1) is 13.1. The van der Waals surface area contributed by atoms with Gasteiger partial charge in [-0.05, 0) is 37.3 Å². The fourth-order valence-corrected chi connectivity index (χ4v) is 2.54. The largest absolute Gasteiger partial charge is 0.339 e. The molecule has 1 aliphatic heterocycles. The molecule has 1 saturated heterocycles. The zero-order chi connectivity index (χ0) is 13.0. The van der Waals surface area contributed by atoms with Crippen molar-refractivity contribution in [3.05, 3.63) is 35.1 Å². The molecular formula is C15H20FNO. The molecule has 1 amide bonds. The zero-order valence-electron chi connectivity index (χ0n) is 10.9. The lowest BCUT2D eigenvalue weighted by molar-refractivity contribution is 0.0718. The molecule has 0 unspecified atom stereocenters. The Balaban J connectivity index is 2.27. The summed E-state index contributed by atoms with van der Waals surface area (Å²) >= 11 is 0. The smallest absolute Gasteiger partial charge is 0.257 e. The molecule has 98 valence electrons. The molecule has 0 saturated carbocycles. The van der Waals surface area contributed by atoms with Gasteiger partial charge >= 0.3 is 0 Å². The molecule has 0 N–H and O–H groups in total. The van der Waals surface area contributed by atoms with Crippen LogP contribution < -0.4 is 0 Å². The van der Waals surface area contributed by atoms with Crippen LogP contribution in [-0.4, -0.2) is 23.9 Å². The third-order valence-electron chi connectivity index (χ3n) is 3.48. The Hall–Kier alpha value is -1.38. The summed E-state index contributed by atoms with van der Waals surface area (Å²) < 4.78 is 13.9. The number of piperidine rings is 1. The molecule has 0 bridgehead atoms. The van der Waals surface area contributed by atoms with Gasteiger partial charge in [0.2, 0.25) is 0 Å². The number of carbonyl (C=O) groups is 1. The molecule has 0 aliphatic carbocycles. The summed E-state index contributed by atoms with van der Waals surface area (Å²) in [7, 11) is 0. The van der Waals surface area contributed by atoms with Gasteiger partial charge in [0.1, 0.15) is 5.82 Å². The Bertz CT molecular complexity index is 425. The Morgan fingerprint density at radius 3 is 2.67 bits per heavy atom. The average Bonchev–Trinajstić information content (AvgIpc) is 2.40. The normalized spacial score (nSPS) is 15.8. The summed E-state index contributed by atoms with van der Waals surface area (Å²) in [5.74, 6) is -0.507. The van der Waals surface area contributed by atoms with E-state index in [4.69, 9.17) is 0 Å². The van der Waals surface area contributed by atoms with E-state index in [0.717, 1.165) is 44.3 Å². The topological polar surface area (TPSA) is 20.3 Å². The van der Waals surface area contributed by atoms with Crippen molar-refractivity contribution in [2.75, 3.05) is 13.1 Å². The molecule has 1 aromatic carbocycles. The molecule has 1 aliphatic rings. The lowest BCUT2D eigenvalue weighted by Gasteiger charge is -2.27. The van der Waals surface area contributed by atoms with Crippen molar-refractivity contribution in [1.82, 2.24) is 4.90 Å². The lowest BCUT2D eigenvalue weighted by Crippen LogP contribution is -2.36. The number of likely N-dealkylation sites (tertiary alicyclic amines) is 1. The number of aryl methyl sites for hydroxylation is 1. The Labute approximate surface area is 108 Å². The maximum Gasteiger partial charge on any atom is 0.257 e. The van der Waals surface area contributed by atoms with E-state index in [-0.39, 0.29) is 11.7 Å². The van der Waals surface area contributed by atoms with E-state index < -0.39 is 0 Å². The van der Waals surface area contributed by atoms with Gasteiger partial charge in [0, 0.05) is 13.1 Å². The molecule has 2 rings (SSSR count).